The third-order valence-electron chi connectivity index (χ3n) is 2.45. The first-order valence-electron chi connectivity index (χ1n) is 6.68. The van der Waals surface area contributed by atoms with E-state index in [1.54, 1.807) is 11.3 Å². The van der Waals surface area contributed by atoms with E-state index in [1.165, 1.54) is 23.5 Å². The predicted octanol–water partition coefficient (Wildman–Crippen LogP) is 2.65. The monoisotopic (exact) mass is 300 g/mol. The van der Waals surface area contributed by atoms with Crippen LogP contribution >= 0.6 is 23.1 Å². The molecule has 0 spiro atoms. The molecule has 1 aromatic heterocycles. The Hall–Kier alpha value is -0.750. The number of thiazole rings is 1. The van der Waals surface area contributed by atoms with E-state index in [4.69, 9.17) is 0 Å². The highest BCUT2D eigenvalue weighted by molar-refractivity contribution is 7.98. The molecule has 0 fully saturated rings. The number of aryl methyl sites for hydroxylation is 1. The van der Waals surface area contributed by atoms with E-state index < -0.39 is 0 Å². The second-order valence-corrected chi connectivity index (χ2v) is 6.49. The highest BCUT2D eigenvalue weighted by atomic mass is 32.2. The minimum Gasteiger partial charge on any atom is -0.357 e. The smallest absolute Gasteiger partial charge is 0.191 e. The molecule has 1 rings (SSSR count). The first-order valence-corrected chi connectivity index (χ1v) is 8.89. The maximum absolute atomic E-state index is 4.55. The number of rotatable bonds is 8. The summed E-state index contributed by atoms with van der Waals surface area (Å²) in [6, 6.07) is 0. The lowest BCUT2D eigenvalue weighted by atomic mass is 10.3. The van der Waals surface area contributed by atoms with Crippen LogP contribution in [-0.2, 0) is 6.54 Å². The number of hydrogen-bond donors (Lipinski definition) is 2. The molecule has 0 radical (unpaired) electrons. The normalized spacial score (nSPS) is 11.6. The van der Waals surface area contributed by atoms with Gasteiger partial charge < -0.3 is 10.6 Å². The Morgan fingerprint density at radius 1 is 1.42 bits per heavy atom. The van der Waals surface area contributed by atoms with Crippen molar-refractivity contribution in [2.24, 2.45) is 4.99 Å². The standard InChI is InChI=1S/C13H24N4S2/c1-4-14-13(15-7-5-6-8-18-3)17-10-12-16-9-11(2)19-12/h9H,4-8,10H2,1-3H3,(H2,14,15,17). The van der Waals surface area contributed by atoms with Crippen molar-refractivity contribution in [3.05, 3.63) is 16.1 Å². The third kappa shape index (κ3) is 7.42. The van der Waals surface area contributed by atoms with Crippen LogP contribution in [0, 0.1) is 6.92 Å². The molecular formula is C13H24N4S2. The molecule has 0 bridgehead atoms. The first kappa shape index (κ1) is 16.3. The molecule has 0 atom stereocenters. The highest BCUT2D eigenvalue weighted by Crippen LogP contribution is 2.11. The van der Waals surface area contributed by atoms with Crippen molar-refractivity contribution in [2.75, 3.05) is 25.1 Å². The van der Waals surface area contributed by atoms with Crippen molar-refractivity contribution in [1.82, 2.24) is 15.6 Å². The number of thioether (sulfide) groups is 1. The van der Waals surface area contributed by atoms with Crippen molar-refractivity contribution >= 4 is 29.1 Å². The van der Waals surface area contributed by atoms with Crippen molar-refractivity contribution in [1.29, 1.82) is 0 Å². The summed E-state index contributed by atoms with van der Waals surface area (Å²) in [6.07, 6.45) is 6.48. The molecule has 0 unspecified atom stereocenters. The third-order valence-corrected chi connectivity index (χ3v) is 4.05. The molecule has 19 heavy (non-hydrogen) atoms. The quantitative estimate of drug-likeness (QED) is 0.440. The van der Waals surface area contributed by atoms with Crippen LogP contribution in [0.15, 0.2) is 11.2 Å². The van der Waals surface area contributed by atoms with E-state index in [0.717, 1.165) is 24.1 Å². The number of guanidine groups is 1. The first-order chi connectivity index (χ1) is 9.26. The summed E-state index contributed by atoms with van der Waals surface area (Å²) in [5, 5.41) is 7.69. The van der Waals surface area contributed by atoms with Crippen LogP contribution < -0.4 is 10.6 Å². The summed E-state index contributed by atoms with van der Waals surface area (Å²) in [5.74, 6) is 2.12. The van der Waals surface area contributed by atoms with E-state index in [2.05, 4.69) is 40.7 Å². The fourth-order valence-electron chi connectivity index (χ4n) is 1.54. The molecular weight excluding hydrogens is 276 g/mol. The van der Waals surface area contributed by atoms with Crippen LogP contribution in [0.2, 0.25) is 0 Å². The van der Waals surface area contributed by atoms with Crippen molar-refractivity contribution in [2.45, 2.75) is 33.2 Å². The summed E-state index contributed by atoms with van der Waals surface area (Å²) < 4.78 is 0. The molecule has 0 aromatic carbocycles. The predicted molar refractivity (Wildman–Crippen MR) is 87.3 cm³/mol. The van der Waals surface area contributed by atoms with Gasteiger partial charge in [-0.2, -0.15) is 11.8 Å². The van der Waals surface area contributed by atoms with Crippen molar-refractivity contribution in [3.8, 4) is 0 Å². The summed E-state index contributed by atoms with van der Waals surface area (Å²) >= 11 is 3.61. The van der Waals surface area contributed by atoms with Crippen LogP contribution in [0.5, 0.6) is 0 Å². The molecule has 0 amide bonds. The molecule has 6 heteroatoms. The zero-order chi connectivity index (χ0) is 13.9. The Labute approximate surface area is 124 Å². The average Bonchev–Trinajstić information content (AvgIpc) is 2.81. The molecule has 0 aliphatic rings. The van der Waals surface area contributed by atoms with Gasteiger partial charge in [0, 0.05) is 24.2 Å². The Balaban J connectivity index is 2.33. The van der Waals surface area contributed by atoms with Gasteiger partial charge in [-0.1, -0.05) is 0 Å². The van der Waals surface area contributed by atoms with Crippen LogP contribution in [0.25, 0.3) is 0 Å². The molecule has 1 aromatic rings. The van der Waals surface area contributed by atoms with Gasteiger partial charge >= 0.3 is 0 Å². The summed E-state index contributed by atoms with van der Waals surface area (Å²) in [5.41, 5.74) is 0. The average molecular weight is 300 g/mol. The number of unbranched alkanes of at least 4 members (excludes halogenated alkanes) is 1. The van der Waals surface area contributed by atoms with E-state index in [1.807, 2.05) is 18.0 Å². The summed E-state index contributed by atoms with van der Waals surface area (Å²) in [6.45, 7) is 6.66. The van der Waals surface area contributed by atoms with Crippen LogP contribution in [0.1, 0.15) is 29.7 Å². The molecule has 0 aliphatic carbocycles. The minimum absolute atomic E-state index is 0.651. The lowest BCUT2D eigenvalue weighted by molar-refractivity contribution is 0.734. The van der Waals surface area contributed by atoms with Gasteiger partial charge in [0.2, 0.25) is 0 Å². The van der Waals surface area contributed by atoms with Crippen LogP contribution in [0.4, 0.5) is 0 Å². The van der Waals surface area contributed by atoms with Gasteiger partial charge in [-0.25, -0.2) is 9.98 Å². The van der Waals surface area contributed by atoms with Gasteiger partial charge in [0.15, 0.2) is 5.96 Å². The lowest BCUT2D eigenvalue weighted by Gasteiger charge is -2.10. The van der Waals surface area contributed by atoms with E-state index in [0.29, 0.717) is 6.54 Å². The number of nitrogens with one attached hydrogen (secondary N) is 2. The number of aliphatic imine (C=N–C) groups is 1. The number of nitrogens with zero attached hydrogens (tertiary/aromatic N) is 2. The minimum atomic E-state index is 0.651. The van der Waals surface area contributed by atoms with E-state index >= 15 is 0 Å². The molecule has 108 valence electrons. The summed E-state index contributed by atoms with van der Waals surface area (Å²) in [7, 11) is 0. The van der Waals surface area contributed by atoms with Gasteiger partial charge in [0.25, 0.3) is 0 Å². The maximum atomic E-state index is 4.55. The van der Waals surface area contributed by atoms with Gasteiger partial charge in [0.1, 0.15) is 5.01 Å². The fraction of sp³-hybridized carbons (Fsp3) is 0.692. The Kier molecular flexibility index (Phi) is 8.66. The second kappa shape index (κ2) is 10.1. The Bertz CT molecular complexity index is 376. The van der Waals surface area contributed by atoms with E-state index in [9.17, 15) is 0 Å². The topological polar surface area (TPSA) is 49.3 Å². The molecule has 4 nitrogen and oxygen atoms in total. The largest absolute Gasteiger partial charge is 0.357 e. The van der Waals surface area contributed by atoms with Gasteiger partial charge in [0.05, 0.1) is 6.54 Å². The molecule has 0 aliphatic heterocycles. The van der Waals surface area contributed by atoms with Crippen LogP contribution in [0.3, 0.4) is 0 Å². The van der Waals surface area contributed by atoms with Gasteiger partial charge in [-0.3, -0.25) is 0 Å². The molecule has 2 N–H and O–H groups in total. The van der Waals surface area contributed by atoms with Crippen molar-refractivity contribution in [3.63, 3.8) is 0 Å². The fourth-order valence-corrected chi connectivity index (χ4v) is 2.75. The highest BCUT2D eigenvalue weighted by Gasteiger charge is 2.00. The number of hydrogen-bond acceptors (Lipinski definition) is 4. The molecule has 0 saturated carbocycles. The van der Waals surface area contributed by atoms with Gasteiger partial charge in [-0.05, 0) is 38.7 Å². The lowest BCUT2D eigenvalue weighted by Crippen LogP contribution is -2.37. The second-order valence-electron chi connectivity index (χ2n) is 4.19. The molecule has 0 saturated heterocycles. The maximum Gasteiger partial charge on any atom is 0.191 e. The van der Waals surface area contributed by atoms with Crippen molar-refractivity contribution < 1.29 is 0 Å². The van der Waals surface area contributed by atoms with E-state index in [-0.39, 0.29) is 0 Å². The SMILES string of the molecule is CCNC(=NCc1ncc(C)s1)NCCCCSC. The number of aromatic nitrogens is 1. The zero-order valence-electron chi connectivity index (χ0n) is 12.0. The zero-order valence-corrected chi connectivity index (χ0v) is 13.7. The Morgan fingerprint density at radius 3 is 2.89 bits per heavy atom. The summed E-state index contributed by atoms with van der Waals surface area (Å²) in [4.78, 5) is 10.1. The van der Waals surface area contributed by atoms with Crippen LogP contribution in [-0.4, -0.2) is 36.0 Å². The van der Waals surface area contributed by atoms with Gasteiger partial charge in [-0.15, -0.1) is 11.3 Å². The molecule has 1 heterocycles. The Morgan fingerprint density at radius 2 is 2.26 bits per heavy atom.